The lowest BCUT2D eigenvalue weighted by atomic mass is 10.5. The number of thioether (sulfide) groups is 1. The molecule has 1 aromatic heterocycles. The second-order valence-electron chi connectivity index (χ2n) is 4.18. The van der Waals surface area contributed by atoms with E-state index in [1.165, 1.54) is 23.9 Å². The summed E-state index contributed by atoms with van der Waals surface area (Å²) in [6.45, 7) is 5.31. The summed E-state index contributed by atoms with van der Waals surface area (Å²) in [6.07, 6.45) is 4.16. The van der Waals surface area contributed by atoms with Crippen LogP contribution in [-0.4, -0.2) is 44.5 Å². The van der Waals surface area contributed by atoms with Crippen molar-refractivity contribution in [2.75, 3.05) is 18.8 Å². The van der Waals surface area contributed by atoms with Crippen LogP contribution < -0.4 is 0 Å². The van der Waals surface area contributed by atoms with Crippen molar-refractivity contribution < 1.29 is 4.79 Å². The van der Waals surface area contributed by atoms with Crippen LogP contribution in [0, 0.1) is 5.92 Å². The lowest BCUT2D eigenvalue weighted by Gasteiger charge is -2.17. The zero-order valence-electron chi connectivity index (χ0n) is 10.3. The van der Waals surface area contributed by atoms with E-state index in [-0.39, 0.29) is 6.03 Å². The van der Waals surface area contributed by atoms with Crippen LogP contribution in [0.5, 0.6) is 0 Å². The third kappa shape index (κ3) is 3.21. The number of hydrogen-bond donors (Lipinski definition) is 0. The van der Waals surface area contributed by atoms with Gasteiger partial charge in [0.1, 0.15) is 6.33 Å². The molecule has 0 N–H and O–H groups in total. The smallest absolute Gasteiger partial charge is 0.323 e. The van der Waals surface area contributed by atoms with E-state index in [2.05, 4.69) is 10.1 Å². The summed E-state index contributed by atoms with van der Waals surface area (Å²) in [5.41, 5.74) is 0. The highest BCUT2D eigenvalue weighted by atomic mass is 32.2. The molecule has 1 amide bonds. The highest BCUT2D eigenvalue weighted by molar-refractivity contribution is 7.99. The van der Waals surface area contributed by atoms with Crippen LogP contribution in [-0.2, 0) is 0 Å². The van der Waals surface area contributed by atoms with Crippen molar-refractivity contribution in [3.63, 3.8) is 0 Å². The average molecular weight is 254 g/mol. The Bertz CT molecular complexity index is 385. The molecule has 0 atom stereocenters. The fraction of sp³-hybridized carbons (Fsp3) is 0.727. The fourth-order valence-electron chi connectivity index (χ4n) is 1.52. The van der Waals surface area contributed by atoms with Gasteiger partial charge in [0.05, 0.1) is 0 Å². The number of nitrogens with zero attached hydrogens (tertiary/aromatic N) is 4. The Morgan fingerprint density at radius 1 is 1.53 bits per heavy atom. The third-order valence-corrected chi connectivity index (χ3v) is 3.93. The molecular weight excluding hydrogens is 236 g/mol. The van der Waals surface area contributed by atoms with Crippen LogP contribution in [0.3, 0.4) is 0 Å². The van der Waals surface area contributed by atoms with Gasteiger partial charge in [-0.05, 0) is 32.6 Å². The Kier molecular flexibility index (Phi) is 4.04. The van der Waals surface area contributed by atoms with E-state index >= 15 is 0 Å². The van der Waals surface area contributed by atoms with Crippen LogP contribution in [0.15, 0.2) is 11.5 Å². The number of aromatic nitrogens is 3. The molecule has 1 aliphatic carbocycles. The maximum Gasteiger partial charge on any atom is 0.346 e. The quantitative estimate of drug-likeness (QED) is 0.755. The van der Waals surface area contributed by atoms with Crippen molar-refractivity contribution in [2.24, 2.45) is 5.92 Å². The lowest BCUT2D eigenvalue weighted by Crippen LogP contribution is -2.34. The van der Waals surface area contributed by atoms with E-state index in [1.807, 2.05) is 13.8 Å². The molecule has 1 heterocycles. The SMILES string of the molecule is CCN(CC)C(=O)n1cnc(SCC2CC2)n1. The van der Waals surface area contributed by atoms with E-state index in [9.17, 15) is 4.79 Å². The molecule has 0 aromatic carbocycles. The number of rotatable bonds is 5. The summed E-state index contributed by atoms with van der Waals surface area (Å²) in [5.74, 6) is 1.91. The molecule has 1 saturated carbocycles. The molecule has 1 aromatic rings. The van der Waals surface area contributed by atoms with Crippen LogP contribution >= 0.6 is 11.8 Å². The molecule has 5 nitrogen and oxygen atoms in total. The molecule has 0 saturated heterocycles. The molecule has 2 rings (SSSR count). The van der Waals surface area contributed by atoms with E-state index in [0.29, 0.717) is 18.2 Å². The molecular formula is C11H18N4OS. The minimum atomic E-state index is -0.0965. The van der Waals surface area contributed by atoms with Gasteiger partial charge in [0.2, 0.25) is 5.16 Å². The Morgan fingerprint density at radius 3 is 2.82 bits per heavy atom. The normalized spacial score (nSPS) is 14.9. The first-order chi connectivity index (χ1) is 8.24. The lowest BCUT2D eigenvalue weighted by molar-refractivity contribution is 0.201. The van der Waals surface area contributed by atoms with Crippen molar-refractivity contribution in [3.8, 4) is 0 Å². The van der Waals surface area contributed by atoms with Crippen LogP contribution in [0.25, 0.3) is 0 Å². The predicted octanol–water partition coefficient (Wildman–Crippen LogP) is 2.09. The van der Waals surface area contributed by atoms with Gasteiger partial charge in [-0.25, -0.2) is 9.78 Å². The van der Waals surface area contributed by atoms with Gasteiger partial charge in [-0.3, -0.25) is 0 Å². The summed E-state index contributed by atoms with van der Waals surface area (Å²) >= 11 is 1.64. The molecule has 0 radical (unpaired) electrons. The summed E-state index contributed by atoms with van der Waals surface area (Å²) in [7, 11) is 0. The number of hydrogen-bond acceptors (Lipinski definition) is 4. The van der Waals surface area contributed by atoms with Gasteiger partial charge < -0.3 is 4.90 Å². The first-order valence-corrected chi connectivity index (χ1v) is 7.06. The van der Waals surface area contributed by atoms with E-state index in [1.54, 1.807) is 16.7 Å². The van der Waals surface area contributed by atoms with E-state index in [4.69, 9.17) is 0 Å². The second kappa shape index (κ2) is 5.53. The molecule has 1 fully saturated rings. The maximum atomic E-state index is 11.9. The zero-order valence-corrected chi connectivity index (χ0v) is 11.1. The average Bonchev–Trinajstić information content (AvgIpc) is 3.05. The van der Waals surface area contributed by atoms with Gasteiger partial charge >= 0.3 is 6.03 Å². The predicted molar refractivity (Wildman–Crippen MR) is 67.2 cm³/mol. The van der Waals surface area contributed by atoms with Crippen molar-refractivity contribution in [2.45, 2.75) is 31.8 Å². The molecule has 1 aliphatic rings. The van der Waals surface area contributed by atoms with Crippen molar-refractivity contribution in [1.82, 2.24) is 19.7 Å². The molecule has 0 bridgehead atoms. The first kappa shape index (κ1) is 12.4. The highest BCUT2D eigenvalue weighted by Gasteiger charge is 2.22. The topological polar surface area (TPSA) is 51.0 Å². The molecule has 17 heavy (non-hydrogen) atoms. The summed E-state index contributed by atoms with van der Waals surface area (Å²) in [4.78, 5) is 17.8. The van der Waals surface area contributed by atoms with Gasteiger partial charge in [0, 0.05) is 18.8 Å². The van der Waals surface area contributed by atoms with Crippen LogP contribution in [0.1, 0.15) is 26.7 Å². The van der Waals surface area contributed by atoms with Gasteiger partial charge in [0.25, 0.3) is 0 Å². The Morgan fingerprint density at radius 2 is 2.24 bits per heavy atom. The summed E-state index contributed by atoms with van der Waals surface area (Å²) in [5, 5.41) is 4.91. The zero-order chi connectivity index (χ0) is 12.3. The monoisotopic (exact) mass is 254 g/mol. The standard InChI is InChI=1S/C11H18N4OS/c1-3-14(4-2)11(16)15-8-12-10(13-15)17-7-9-5-6-9/h8-9H,3-7H2,1-2H3. The minimum absolute atomic E-state index is 0.0965. The number of carbonyl (C=O) groups is 1. The Labute approximate surface area is 106 Å². The van der Waals surface area contributed by atoms with Crippen molar-refractivity contribution in [1.29, 1.82) is 0 Å². The van der Waals surface area contributed by atoms with Gasteiger partial charge in [-0.1, -0.05) is 11.8 Å². The molecule has 0 aliphatic heterocycles. The third-order valence-electron chi connectivity index (χ3n) is 2.85. The van der Waals surface area contributed by atoms with Gasteiger partial charge in [0.15, 0.2) is 0 Å². The van der Waals surface area contributed by atoms with Crippen molar-refractivity contribution in [3.05, 3.63) is 6.33 Å². The Hall–Kier alpha value is -1.04. The molecule has 94 valence electrons. The molecule has 0 spiro atoms. The Balaban J connectivity index is 1.93. The van der Waals surface area contributed by atoms with Gasteiger partial charge in [-0.2, -0.15) is 4.68 Å². The second-order valence-corrected chi connectivity index (χ2v) is 5.17. The van der Waals surface area contributed by atoms with Crippen LogP contribution in [0.2, 0.25) is 0 Å². The first-order valence-electron chi connectivity index (χ1n) is 6.08. The summed E-state index contributed by atoms with van der Waals surface area (Å²) < 4.78 is 1.34. The molecule has 0 unspecified atom stereocenters. The fourth-order valence-corrected chi connectivity index (χ4v) is 2.51. The highest BCUT2D eigenvalue weighted by Crippen LogP contribution is 2.33. The van der Waals surface area contributed by atoms with E-state index < -0.39 is 0 Å². The van der Waals surface area contributed by atoms with Crippen LogP contribution in [0.4, 0.5) is 4.79 Å². The maximum absolute atomic E-state index is 11.9. The summed E-state index contributed by atoms with van der Waals surface area (Å²) in [6, 6.07) is -0.0965. The number of carbonyl (C=O) groups excluding carboxylic acids is 1. The van der Waals surface area contributed by atoms with Gasteiger partial charge in [-0.15, -0.1) is 5.10 Å². The number of amides is 1. The minimum Gasteiger partial charge on any atom is -0.323 e. The van der Waals surface area contributed by atoms with E-state index in [0.717, 1.165) is 11.7 Å². The molecule has 6 heteroatoms. The largest absolute Gasteiger partial charge is 0.346 e. The van der Waals surface area contributed by atoms with Crippen molar-refractivity contribution >= 4 is 17.8 Å².